The maximum Gasteiger partial charge on any atom is 0.0794 e. The second kappa shape index (κ2) is 6.17. The van der Waals surface area contributed by atoms with Crippen molar-refractivity contribution >= 4 is 0 Å². The van der Waals surface area contributed by atoms with E-state index in [9.17, 15) is 0 Å². The molecule has 0 saturated heterocycles. The summed E-state index contributed by atoms with van der Waals surface area (Å²) >= 11 is 0. The van der Waals surface area contributed by atoms with Crippen molar-refractivity contribution in [3.05, 3.63) is 17.0 Å². The molecule has 4 nitrogen and oxygen atoms in total. The minimum Gasteiger partial charge on any atom is -0.313 e. The summed E-state index contributed by atoms with van der Waals surface area (Å²) in [6.07, 6.45) is 5.00. The Morgan fingerprint density at radius 1 is 1.24 bits per heavy atom. The Kier molecular flexibility index (Phi) is 4.57. The number of fused-ring (bicyclic) bond motifs is 1. The van der Waals surface area contributed by atoms with Crippen LogP contribution in [-0.4, -0.2) is 29.3 Å². The Labute approximate surface area is 104 Å². The van der Waals surface area contributed by atoms with Crippen molar-refractivity contribution in [1.82, 2.24) is 20.8 Å². The van der Waals surface area contributed by atoms with E-state index in [1.807, 2.05) is 0 Å². The Bertz CT molecular complexity index is 343. The molecule has 3 N–H and O–H groups in total. The maximum atomic E-state index is 4.42. The lowest BCUT2D eigenvalue weighted by atomic mass is 9.96. The van der Waals surface area contributed by atoms with Gasteiger partial charge in [0, 0.05) is 31.4 Å². The van der Waals surface area contributed by atoms with E-state index in [1.165, 1.54) is 42.6 Å². The van der Waals surface area contributed by atoms with Gasteiger partial charge in [-0.15, -0.1) is 0 Å². The van der Waals surface area contributed by atoms with Crippen LogP contribution in [0.4, 0.5) is 0 Å². The van der Waals surface area contributed by atoms with Gasteiger partial charge in [0.15, 0.2) is 0 Å². The van der Waals surface area contributed by atoms with Gasteiger partial charge in [-0.05, 0) is 31.2 Å². The molecule has 0 bridgehead atoms. The SMILES string of the molecule is CC(C)NCCNCc1n[nH]c2c1CCCC2. The molecule has 1 aromatic heterocycles. The minimum atomic E-state index is 0.565. The molecule has 0 aliphatic heterocycles. The monoisotopic (exact) mass is 236 g/mol. The summed E-state index contributed by atoms with van der Waals surface area (Å²) in [6.45, 7) is 7.25. The van der Waals surface area contributed by atoms with Gasteiger partial charge in [-0.1, -0.05) is 13.8 Å². The number of hydrogen-bond donors (Lipinski definition) is 3. The smallest absolute Gasteiger partial charge is 0.0794 e. The van der Waals surface area contributed by atoms with Crippen LogP contribution >= 0.6 is 0 Å². The second-order valence-electron chi connectivity index (χ2n) is 5.12. The van der Waals surface area contributed by atoms with Crippen molar-refractivity contribution < 1.29 is 0 Å². The second-order valence-corrected chi connectivity index (χ2v) is 5.12. The van der Waals surface area contributed by atoms with E-state index in [1.54, 1.807) is 0 Å². The molecule has 2 rings (SSSR count). The fraction of sp³-hybridized carbons (Fsp3) is 0.769. The van der Waals surface area contributed by atoms with Gasteiger partial charge >= 0.3 is 0 Å². The van der Waals surface area contributed by atoms with Crippen molar-refractivity contribution in [3.63, 3.8) is 0 Å². The number of hydrogen-bond acceptors (Lipinski definition) is 3. The van der Waals surface area contributed by atoms with Crippen LogP contribution < -0.4 is 10.6 Å². The predicted molar refractivity (Wildman–Crippen MR) is 70.1 cm³/mol. The Balaban J connectivity index is 1.74. The first-order chi connectivity index (χ1) is 8.27. The summed E-state index contributed by atoms with van der Waals surface area (Å²) in [4.78, 5) is 0. The third-order valence-corrected chi connectivity index (χ3v) is 3.29. The van der Waals surface area contributed by atoms with Crippen LogP contribution in [0, 0.1) is 0 Å². The van der Waals surface area contributed by atoms with E-state index in [2.05, 4.69) is 34.7 Å². The fourth-order valence-electron chi connectivity index (χ4n) is 2.35. The van der Waals surface area contributed by atoms with E-state index >= 15 is 0 Å². The molecule has 0 spiro atoms. The first kappa shape index (κ1) is 12.6. The summed E-state index contributed by atoms with van der Waals surface area (Å²) in [6, 6.07) is 0.565. The highest BCUT2D eigenvalue weighted by molar-refractivity contribution is 5.27. The lowest BCUT2D eigenvalue weighted by molar-refractivity contribution is 0.552. The number of rotatable bonds is 6. The standard InChI is InChI=1S/C13H24N4/c1-10(2)15-8-7-14-9-13-11-5-3-4-6-12(11)16-17-13/h10,14-15H,3-9H2,1-2H3,(H,16,17). The topological polar surface area (TPSA) is 52.7 Å². The van der Waals surface area contributed by atoms with Crippen LogP contribution in [0.25, 0.3) is 0 Å². The third kappa shape index (κ3) is 3.54. The average Bonchev–Trinajstić information content (AvgIpc) is 2.72. The third-order valence-electron chi connectivity index (χ3n) is 3.29. The van der Waals surface area contributed by atoms with E-state index in [4.69, 9.17) is 0 Å². The molecule has 0 fully saturated rings. The number of aromatic amines is 1. The van der Waals surface area contributed by atoms with E-state index in [-0.39, 0.29) is 0 Å². The highest BCUT2D eigenvalue weighted by Crippen LogP contribution is 2.21. The Hall–Kier alpha value is -0.870. The normalized spacial score (nSPS) is 15.2. The number of nitrogens with zero attached hydrogens (tertiary/aromatic N) is 1. The maximum absolute atomic E-state index is 4.42. The summed E-state index contributed by atoms with van der Waals surface area (Å²) in [5.41, 5.74) is 4.07. The zero-order valence-electron chi connectivity index (χ0n) is 11.0. The van der Waals surface area contributed by atoms with Crippen LogP contribution in [-0.2, 0) is 19.4 Å². The lowest BCUT2D eigenvalue weighted by Gasteiger charge is -2.12. The quantitative estimate of drug-likeness (QED) is 0.654. The van der Waals surface area contributed by atoms with Crippen molar-refractivity contribution in [2.24, 2.45) is 0 Å². The van der Waals surface area contributed by atoms with Gasteiger partial charge in [0.05, 0.1) is 5.69 Å². The fourth-order valence-corrected chi connectivity index (χ4v) is 2.35. The van der Waals surface area contributed by atoms with Crippen molar-refractivity contribution in [3.8, 4) is 0 Å². The molecule has 1 aromatic rings. The van der Waals surface area contributed by atoms with Crippen LogP contribution in [0.15, 0.2) is 0 Å². The molecule has 0 radical (unpaired) electrons. The molecular formula is C13H24N4. The number of aryl methyl sites for hydroxylation is 1. The first-order valence-corrected chi connectivity index (χ1v) is 6.76. The summed E-state index contributed by atoms with van der Waals surface area (Å²) in [7, 11) is 0. The molecule has 0 atom stereocenters. The zero-order valence-corrected chi connectivity index (χ0v) is 11.0. The Morgan fingerprint density at radius 3 is 2.88 bits per heavy atom. The number of nitrogens with one attached hydrogen (secondary N) is 3. The lowest BCUT2D eigenvalue weighted by Crippen LogP contribution is -2.31. The molecule has 1 aliphatic rings. The molecule has 0 unspecified atom stereocenters. The van der Waals surface area contributed by atoms with Gasteiger partial charge in [-0.25, -0.2) is 0 Å². The van der Waals surface area contributed by atoms with E-state index in [0.29, 0.717) is 6.04 Å². The molecule has 0 amide bonds. The number of H-pyrrole nitrogens is 1. The van der Waals surface area contributed by atoms with Crippen molar-refractivity contribution in [2.75, 3.05) is 13.1 Å². The molecule has 17 heavy (non-hydrogen) atoms. The van der Waals surface area contributed by atoms with Gasteiger partial charge in [-0.2, -0.15) is 5.10 Å². The first-order valence-electron chi connectivity index (χ1n) is 6.76. The van der Waals surface area contributed by atoms with Gasteiger partial charge in [0.1, 0.15) is 0 Å². The zero-order chi connectivity index (χ0) is 12.1. The van der Waals surface area contributed by atoms with Crippen molar-refractivity contribution in [1.29, 1.82) is 0 Å². The Morgan fingerprint density at radius 2 is 2.06 bits per heavy atom. The molecule has 0 saturated carbocycles. The van der Waals surface area contributed by atoms with Gasteiger partial charge < -0.3 is 10.6 Å². The number of aromatic nitrogens is 2. The van der Waals surface area contributed by atoms with Crippen LogP contribution in [0.3, 0.4) is 0 Å². The van der Waals surface area contributed by atoms with E-state index in [0.717, 1.165) is 19.6 Å². The largest absolute Gasteiger partial charge is 0.313 e. The molecule has 96 valence electrons. The van der Waals surface area contributed by atoms with E-state index < -0.39 is 0 Å². The minimum absolute atomic E-state index is 0.565. The van der Waals surface area contributed by atoms with Crippen LogP contribution in [0.5, 0.6) is 0 Å². The molecule has 1 heterocycles. The average molecular weight is 236 g/mol. The molecular weight excluding hydrogens is 212 g/mol. The molecule has 1 aliphatic carbocycles. The molecule has 0 aromatic carbocycles. The van der Waals surface area contributed by atoms with Crippen LogP contribution in [0.1, 0.15) is 43.6 Å². The van der Waals surface area contributed by atoms with Crippen molar-refractivity contribution in [2.45, 2.75) is 52.1 Å². The van der Waals surface area contributed by atoms with Gasteiger partial charge in [-0.3, -0.25) is 5.10 Å². The predicted octanol–water partition coefficient (Wildman–Crippen LogP) is 1.38. The molecule has 4 heteroatoms. The van der Waals surface area contributed by atoms with Crippen LogP contribution in [0.2, 0.25) is 0 Å². The van der Waals surface area contributed by atoms with Gasteiger partial charge in [0.2, 0.25) is 0 Å². The summed E-state index contributed by atoms with van der Waals surface area (Å²) in [5, 5.41) is 14.4. The summed E-state index contributed by atoms with van der Waals surface area (Å²) < 4.78 is 0. The van der Waals surface area contributed by atoms with Gasteiger partial charge in [0.25, 0.3) is 0 Å². The summed E-state index contributed by atoms with van der Waals surface area (Å²) in [5.74, 6) is 0. The highest BCUT2D eigenvalue weighted by atomic mass is 15.1. The highest BCUT2D eigenvalue weighted by Gasteiger charge is 2.15.